The van der Waals surface area contributed by atoms with E-state index in [4.69, 9.17) is 4.74 Å². The van der Waals surface area contributed by atoms with Crippen molar-refractivity contribution in [3.05, 3.63) is 30.1 Å². The van der Waals surface area contributed by atoms with E-state index in [9.17, 15) is 4.79 Å². The summed E-state index contributed by atoms with van der Waals surface area (Å²) in [6, 6.07) is 1.96. The lowest BCUT2D eigenvalue weighted by molar-refractivity contribution is -0.0317. The zero-order valence-corrected chi connectivity index (χ0v) is 11.8. The molecule has 0 aromatic carbocycles. The summed E-state index contributed by atoms with van der Waals surface area (Å²) >= 11 is 0. The number of H-pyrrole nitrogens is 1. The highest BCUT2D eigenvalue weighted by Gasteiger charge is 2.30. The standard InChI is InChI=1S/C13H18N6O2/c1-19-10(4-5-17-19)11-9(3-2-6-21-11)7-14-13(20)12-15-8-16-18-12/h4-5,8-9,11H,2-3,6-7H2,1H3,(H,14,20)(H,15,16,18)/t9-,11+/m0/s1. The Morgan fingerprint density at radius 3 is 3.24 bits per heavy atom. The van der Waals surface area contributed by atoms with E-state index in [1.807, 2.05) is 17.8 Å². The van der Waals surface area contributed by atoms with Crippen molar-refractivity contribution in [1.82, 2.24) is 30.3 Å². The lowest BCUT2D eigenvalue weighted by atomic mass is 9.92. The molecule has 8 heteroatoms. The van der Waals surface area contributed by atoms with Crippen LogP contribution in [0.5, 0.6) is 0 Å². The highest BCUT2D eigenvalue weighted by Crippen LogP contribution is 2.32. The van der Waals surface area contributed by atoms with Gasteiger partial charge in [0.2, 0.25) is 5.82 Å². The average Bonchev–Trinajstić information content (AvgIpc) is 3.16. The fraction of sp³-hybridized carbons (Fsp3) is 0.538. The second kappa shape index (κ2) is 6.04. The number of aromatic amines is 1. The molecule has 1 saturated heterocycles. The highest BCUT2D eigenvalue weighted by atomic mass is 16.5. The molecule has 2 N–H and O–H groups in total. The molecule has 8 nitrogen and oxygen atoms in total. The number of ether oxygens (including phenoxy) is 1. The third-order valence-corrected chi connectivity index (χ3v) is 3.75. The van der Waals surface area contributed by atoms with Crippen LogP contribution < -0.4 is 5.32 Å². The first-order valence-corrected chi connectivity index (χ1v) is 6.99. The summed E-state index contributed by atoms with van der Waals surface area (Å²) in [5.41, 5.74) is 1.04. The SMILES string of the molecule is Cn1nccc1[C@@H]1OCCC[C@H]1CNC(=O)c1ncn[nH]1. The van der Waals surface area contributed by atoms with Crippen molar-refractivity contribution in [3.8, 4) is 0 Å². The predicted octanol–water partition coefficient (Wildman–Crippen LogP) is 0.436. The number of rotatable bonds is 4. The van der Waals surface area contributed by atoms with Crippen LogP contribution in [0, 0.1) is 5.92 Å². The van der Waals surface area contributed by atoms with Gasteiger partial charge in [0.05, 0.1) is 5.69 Å². The van der Waals surface area contributed by atoms with E-state index in [-0.39, 0.29) is 23.8 Å². The molecule has 1 aliphatic heterocycles. The van der Waals surface area contributed by atoms with Gasteiger partial charge in [-0.25, -0.2) is 4.98 Å². The fourth-order valence-corrected chi connectivity index (χ4v) is 2.66. The number of hydrogen-bond donors (Lipinski definition) is 2. The molecule has 1 aliphatic rings. The molecule has 1 amide bonds. The van der Waals surface area contributed by atoms with E-state index in [1.54, 1.807) is 6.20 Å². The maximum absolute atomic E-state index is 11.9. The van der Waals surface area contributed by atoms with Crippen LogP contribution >= 0.6 is 0 Å². The zero-order chi connectivity index (χ0) is 14.7. The van der Waals surface area contributed by atoms with E-state index < -0.39 is 0 Å². The first-order chi connectivity index (χ1) is 10.3. The quantitative estimate of drug-likeness (QED) is 0.851. The van der Waals surface area contributed by atoms with Crippen molar-refractivity contribution < 1.29 is 9.53 Å². The molecule has 2 atom stereocenters. The summed E-state index contributed by atoms with van der Waals surface area (Å²) in [6.45, 7) is 1.28. The number of aromatic nitrogens is 5. The van der Waals surface area contributed by atoms with Crippen molar-refractivity contribution in [2.24, 2.45) is 13.0 Å². The first kappa shape index (κ1) is 13.7. The monoisotopic (exact) mass is 290 g/mol. The van der Waals surface area contributed by atoms with Gasteiger partial charge in [0.1, 0.15) is 12.4 Å². The first-order valence-electron chi connectivity index (χ1n) is 6.99. The van der Waals surface area contributed by atoms with E-state index in [2.05, 4.69) is 25.6 Å². The minimum Gasteiger partial charge on any atom is -0.372 e. The molecule has 2 aromatic heterocycles. The van der Waals surface area contributed by atoms with Gasteiger partial charge in [-0.1, -0.05) is 0 Å². The van der Waals surface area contributed by atoms with E-state index in [0.29, 0.717) is 6.54 Å². The Balaban J connectivity index is 1.65. The van der Waals surface area contributed by atoms with Crippen LogP contribution in [0.1, 0.15) is 35.3 Å². The van der Waals surface area contributed by atoms with Gasteiger partial charge in [0, 0.05) is 32.3 Å². The van der Waals surface area contributed by atoms with Crippen molar-refractivity contribution in [2.75, 3.05) is 13.2 Å². The Morgan fingerprint density at radius 1 is 1.62 bits per heavy atom. The van der Waals surface area contributed by atoms with E-state index in [0.717, 1.165) is 25.1 Å². The molecule has 1 fully saturated rings. The Morgan fingerprint density at radius 2 is 2.52 bits per heavy atom. The van der Waals surface area contributed by atoms with Crippen molar-refractivity contribution in [2.45, 2.75) is 18.9 Å². The number of nitrogens with one attached hydrogen (secondary N) is 2. The molecule has 3 rings (SSSR count). The second-order valence-electron chi connectivity index (χ2n) is 5.12. The summed E-state index contributed by atoms with van der Waals surface area (Å²) < 4.78 is 7.71. The van der Waals surface area contributed by atoms with Crippen molar-refractivity contribution in [3.63, 3.8) is 0 Å². The molecule has 0 unspecified atom stereocenters. The summed E-state index contributed by atoms with van der Waals surface area (Å²) in [5.74, 6) is 0.201. The number of nitrogens with zero attached hydrogens (tertiary/aromatic N) is 4. The molecule has 0 bridgehead atoms. The third-order valence-electron chi connectivity index (χ3n) is 3.75. The van der Waals surface area contributed by atoms with Crippen LogP contribution in [-0.4, -0.2) is 44.0 Å². The van der Waals surface area contributed by atoms with Crippen LogP contribution in [-0.2, 0) is 11.8 Å². The van der Waals surface area contributed by atoms with Gasteiger partial charge in [-0.3, -0.25) is 14.6 Å². The molecule has 0 aliphatic carbocycles. The Hall–Kier alpha value is -2.22. The molecule has 0 spiro atoms. The summed E-state index contributed by atoms with van der Waals surface area (Å²) in [5, 5.41) is 13.3. The molecule has 21 heavy (non-hydrogen) atoms. The Labute approximate surface area is 121 Å². The van der Waals surface area contributed by atoms with Crippen LogP contribution in [0.2, 0.25) is 0 Å². The largest absolute Gasteiger partial charge is 0.372 e. The van der Waals surface area contributed by atoms with Crippen LogP contribution in [0.15, 0.2) is 18.6 Å². The van der Waals surface area contributed by atoms with E-state index in [1.165, 1.54) is 6.33 Å². The predicted molar refractivity (Wildman–Crippen MR) is 73.3 cm³/mol. The van der Waals surface area contributed by atoms with Gasteiger partial charge in [-0.2, -0.15) is 10.2 Å². The summed E-state index contributed by atoms with van der Waals surface area (Å²) in [4.78, 5) is 15.7. The number of carbonyl (C=O) groups is 1. The molecule has 2 aromatic rings. The van der Waals surface area contributed by atoms with Crippen molar-refractivity contribution >= 4 is 5.91 Å². The third kappa shape index (κ3) is 2.94. The topological polar surface area (TPSA) is 97.7 Å². The maximum atomic E-state index is 11.9. The van der Waals surface area contributed by atoms with Crippen LogP contribution in [0.4, 0.5) is 0 Å². The van der Waals surface area contributed by atoms with Crippen LogP contribution in [0.25, 0.3) is 0 Å². The number of aryl methyl sites for hydroxylation is 1. The number of amides is 1. The summed E-state index contributed by atoms with van der Waals surface area (Å²) in [6.07, 6.45) is 5.04. The Kier molecular flexibility index (Phi) is 3.96. The zero-order valence-electron chi connectivity index (χ0n) is 11.8. The molecular weight excluding hydrogens is 272 g/mol. The van der Waals surface area contributed by atoms with Gasteiger partial charge >= 0.3 is 0 Å². The van der Waals surface area contributed by atoms with Gasteiger partial charge in [0.25, 0.3) is 5.91 Å². The second-order valence-corrected chi connectivity index (χ2v) is 5.12. The molecular formula is C13H18N6O2. The lowest BCUT2D eigenvalue weighted by Crippen LogP contribution is -2.36. The summed E-state index contributed by atoms with van der Waals surface area (Å²) in [7, 11) is 1.90. The number of hydrogen-bond acceptors (Lipinski definition) is 5. The molecule has 3 heterocycles. The normalized spacial score (nSPS) is 22.1. The minimum atomic E-state index is -0.248. The van der Waals surface area contributed by atoms with Gasteiger partial charge in [-0.05, 0) is 18.9 Å². The molecule has 0 radical (unpaired) electrons. The minimum absolute atomic E-state index is 0.0405. The number of carbonyl (C=O) groups excluding carboxylic acids is 1. The van der Waals surface area contributed by atoms with Gasteiger partial charge < -0.3 is 10.1 Å². The average molecular weight is 290 g/mol. The fourth-order valence-electron chi connectivity index (χ4n) is 2.66. The van der Waals surface area contributed by atoms with E-state index >= 15 is 0 Å². The van der Waals surface area contributed by atoms with Crippen LogP contribution in [0.3, 0.4) is 0 Å². The molecule has 112 valence electrons. The maximum Gasteiger partial charge on any atom is 0.288 e. The highest BCUT2D eigenvalue weighted by molar-refractivity contribution is 5.90. The lowest BCUT2D eigenvalue weighted by Gasteiger charge is -2.31. The molecule has 0 saturated carbocycles. The Bertz CT molecular complexity index is 594. The van der Waals surface area contributed by atoms with Gasteiger partial charge in [-0.15, -0.1) is 0 Å². The van der Waals surface area contributed by atoms with Crippen molar-refractivity contribution in [1.29, 1.82) is 0 Å². The smallest absolute Gasteiger partial charge is 0.288 e. The van der Waals surface area contributed by atoms with Gasteiger partial charge in [0.15, 0.2) is 0 Å².